The van der Waals surface area contributed by atoms with E-state index < -0.39 is 11.6 Å². The first-order chi connectivity index (χ1) is 6.59. The first-order valence-electron chi connectivity index (χ1n) is 4.23. The van der Waals surface area contributed by atoms with Crippen LogP contribution in [0.1, 0.15) is 0 Å². The molecule has 0 spiro atoms. The SMILES string of the molecule is CN(C)n1ccc2cc(F)c(F)cc21. The molecule has 4 heteroatoms. The summed E-state index contributed by atoms with van der Waals surface area (Å²) in [6.07, 6.45) is 1.77. The molecule has 0 aliphatic heterocycles. The molecule has 0 bridgehead atoms. The second kappa shape index (κ2) is 2.97. The van der Waals surface area contributed by atoms with E-state index >= 15 is 0 Å². The van der Waals surface area contributed by atoms with Gasteiger partial charge in [-0.25, -0.2) is 8.78 Å². The molecule has 0 unspecified atom stereocenters. The van der Waals surface area contributed by atoms with E-state index in [2.05, 4.69) is 0 Å². The predicted molar refractivity (Wildman–Crippen MR) is 51.9 cm³/mol. The molecule has 0 atom stereocenters. The fourth-order valence-corrected chi connectivity index (χ4v) is 1.46. The zero-order valence-corrected chi connectivity index (χ0v) is 7.96. The van der Waals surface area contributed by atoms with Gasteiger partial charge in [0.2, 0.25) is 0 Å². The van der Waals surface area contributed by atoms with Crippen molar-refractivity contribution in [3.63, 3.8) is 0 Å². The standard InChI is InChI=1S/C10H10F2N2/c1-13(2)14-4-3-7-5-8(11)9(12)6-10(7)14/h3-6H,1-2H3. The summed E-state index contributed by atoms with van der Waals surface area (Å²) in [4.78, 5) is 0. The van der Waals surface area contributed by atoms with E-state index in [1.54, 1.807) is 21.9 Å². The molecule has 2 aromatic rings. The maximum Gasteiger partial charge on any atom is 0.161 e. The number of rotatable bonds is 1. The number of benzene rings is 1. The summed E-state index contributed by atoms with van der Waals surface area (Å²) in [5.41, 5.74) is 0.661. The summed E-state index contributed by atoms with van der Waals surface area (Å²) >= 11 is 0. The largest absolute Gasteiger partial charge is 0.319 e. The van der Waals surface area contributed by atoms with Crippen molar-refractivity contribution < 1.29 is 8.78 Å². The fraction of sp³-hybridized carbons (Fsp3) is 0.200. The first-order valence-corrected chi connectivity index (χ1v) is 4.23. The molecule has 0 saturated heterocycles. The lowest BCUT2D eigenvalue weighted by Gasteiger charge is -2.15. The second-order valence-electron chi connectivity index (χ2n) is 3.33. The van der Waals surface area contributed by atoms with E-state index in [1.165, 1.54) is 12.1 Å². The van der Waals surface area contributed by atoms with Crippen molar-refractivity contribution in [3.8, 4) is 0 Å². The van der Waals surface area contributed by atoms with Gasteiger partial charge in [-0.15, -0.1) is 0 Å². The lowest BCUT2D eigenvalue weighted by atomic mass is 10.2. The van der Waals surface area contributed by atoms with Crippen LogP contribution in [-0.4, -0.2) is 18.8 Å². The smallest absolute Gasteiger partial charge is 0.161 e. The molecule has 0 fully saturated rings. The maximum absolute atomic E-state index is 13.0. The lowest BCUT2D eigenvalue weighted by Crippen LogP contribution is -2.23. The van der Waals surface area contributed by atoms with Gasteiger partial charge in [0.25, 0.3) is 0 Å². The zero-order chi connectivity index (χ0) is 10.3. The third-order valence-corrected chi connectivity index (χ3v) is 2.14. The Hall–Kier alpha value is -1.58. The quantitative estimate of drug-likeness (QED) is 0.678. The molecule has 1 aromatic carbocycles. The number of fused-ring (bicyclic) bond motifs is 1. The summed E-state index contributed by atoms with van der Waals surface area (Å²) in [7, 11) is 3.67. The average Bonchev–Trinajstić information content (AvgIpc) is 2.48. The summed E-state index contributed by atoms with van der Waals surface area (Å²) in [6, 6.07) is 4.15. The Kier molecular flexibility index (Phi) is 1.91. The monoisotopic (exact) mass is 196 g/mol. The van der Waals surface area contributed by atoms with Crippen LogP contribution in [0.25, 0.3) is 10.9 Å². The molecule has 0 N–H and O–H groups in total. The van der Waals surface area contributed by atoms with E-state index in [4.69, 9.17) is 0 Å². The minimum atomic E-state index is -0.820. The highest BCUT2D eigenvalue weighted by molar-refractivity contribution is 5.80. The fourth-order valence-electron chi connectivity index (χ4n) is 1.46. The van der Waals surface area contributed by atoms with Crippen LogP contribution >= 0.6 is 0 Å². The van der Waals surface area contributed by atoms with Crippen molar-refractivity contribution in [2.75, 3.05) is 19.1 Å². The van der Waals surface area contributed by atoms with E-state index in [0.717, 1.165) is 0 Å². The van der Waals surface area contributed by atoms with E-state index in [1.807, 2.05) is 14.1 Å². The van der Waals surface area contributed by atoms with E-state index in [9.17, 15) is 8.78 Å². The van der Waals surface area contributed by atoms with Crippen molar-refractivity contribution in [2.24, 2.45) is 0 Å². The molecule has 0 amide bonds. The van der Waals surface area contributed by atoms with Gasteiger partial charge in [-0.3, -0.25) is 4.68 Å². The van der Waals surface area contributed by atoms with Gasteiger partial charge in [0, 0.05) is 31.7 Å². The highest BCUT2D eigenvalue weighted by Gasteiger charge is 2.08. The number of nitrogens with zero attached hydrogens (tertiary/aromatic N) is 2. The van der Waals surface area contributed by atoms with Gasteiger partial charge < -0.3 is 5.01 Å². The number of aromatic nitrogens is 1. The van der Waals surface area contributed by atoms with Crippen LogP contribution in [0.2, 0.25) is 0 Å². The highest BCUT2D eigenvalue weighted by atomic mass is 19.2. The summed E-state index contributed by atoms with van der Waals surface area (Å²) < 4.78 is 27.6. The molecule has 2 rings (SSSR count). The van der Waals surface area contributed by atoms with Crippen LogP contribution in [0.15, 0.2) is 24.4 Å². The molecule has 1 aromatic heterocycles. The van der Waals surface area contributed by atoms with Gasteiger partial charge in [-0.05, 0) is 12.1 Å². The molecule has 2 nitrogen and oxygen atoms in total. The summed E-state index contributed by atoms with van der Waals surface area (Å²) in [6.45, 7) is 0. The molecular weight excluding hydrogens is 186 g/mol. The molecule has 0 radical (unpaired) electrons. The Morgan fingerprint density at radius 2 is 1.79 bits per heavy atom. The predicted octanol–water partition coefficient (Wildman–Crippen LogP) is 2.12. The van der Waals surface area contributed by atoms with Gasteiger partial charge in [0.15, 0.2) is 11.6 Å². The minimum absolute atomic E-state index is 0.661. The van der Waals surface area contributed by atoms with Gasteiger partial charge in [0.1, 0.15) is 0 Å². The summed E-state index contributed by atoms with van der Waals surface area (Å²) in [5, 5.41) is 2.48. The lowest BCUT2D eigenvalue weighted by molar-refractivity contribution is 0.510. The zero-order valence-electron chi connectivity index (χ0n) is 7.96. The van der Waals surface area contributed by atoms with Gasteiger partial charge in [-0.1, -0.05) is 0 Å². The molecule has 0 aliphatic carbocycles. The number of hydrogen-bond acceptors (Lipinski definition) is 1. The number of hydrogen-bond donors (Lipinski definition) is 0. The van der Waals surface area contributed by atoms with Crippen LogP contribution in [0.4, 0.5) is 8.78 Å². The van der Waals surface area contributed by atoms with Crippen LogP contribution in [0.5, 0.6) is 0 Å². The van der Waals surface area contributed by atoms with Crippen molar-refractivity contribution >= 4 is 10.9 Å². The van der Waals surface area contributed by atoms with E-state index in [0.29, 0.717) is 10.9 Å². The topological polar surface area (TPSA) is 8.17 Å². The van der Waals surface area contributed by atoms with Gasteiger partial charge in [0.05, 0.1) is 5.52 Å². The van der Waals surface area contributed by atoms with Crippen molar-refractivity contribution in [1.82, 2.24) is 4.68 Å². The third-order valence-electron chi connectivity index (χ3n) is 2.14. The molecular formula is C10H10F2N2. The van der Waals surface area contributed by atoms with Crippen molar-refractivity contribution in [3.05, 3.63) is 36.0 Å². The van der Waals surface area contributed by atoms with Crippen LogP contribution in [-0.2, 0) is 0 Å². The van der Waals surface area contributed by atoms with Gasteiger partial charge in [-0.2, -0.15) is 0 Å². The van der Waals surface area contributed by atoms with Crippen LogP contribution in [0, 0.1) is 11.6 Å². The van der Waals surface area contributed by atoms with E-state index in [-0.39, 0.29) is 0 Å². The normalized spacial score (nSPS) is 10.9. The van der Waals surface area contributed by atoms with Crippen LogP contribution < -0.4 is 5.01 Å². The molecule has 1 heterocycles. The Labute approximate surface area is 80.3 Å². The van der Waals surface area contributed by atoms with Crippen molar-refractivity contribution in [2.45, 2.75) is 0 Å². The minimum Gasteiger partial charge on any atom is -0.319 e. The number of halogens is 2. The third kappa shape index (κ3) is 1.23. The Morgan fingerprint density at radius 3 is 2.43 bits per heavy atom. The van der Waals surface area contributed by atoms with Crippen LogP contribution in [0.3, 0.4) is 0 Å². The van der Waals surface area contributed by atoms with Crippen molar-refractivity contribution in [1.29, 1.82) is 0 Å². The Bertz CT molecular complexity index is 474. The molecule has 0 saturated carbocycles. The molecule has 0 aliphatic rings. The van der Waals surface area contributed by atoms with Gasteiger partial charge >= 0.3 is 0 Å². The Morgan fingerprint density at radius 1 is 1.14 bits per heavy atom. The Balaban J connectivity index is 2.74. The molecule has 14 heavy (non-hydrogen) atoms. The molecule has 74 valence electrons. The summed E-state index contributed by atoms with van der Waals surface area (Å²) in [5.74, 6) is -1.63. The average molecular weight is 196 g/mol. The second-order valence-corrected chi connectivity index (χ2v) is 3.33. The first kappa shape index (κ1) is 8.99. The highest BCUT2D eigenvalue weighted by Crippen LogP contribution is 2.19. The maximum atomic E-state index is 13.0.